The molecule has 0 aliphatic heterocycles. The second-order valence-corrected chi connectivity index (χ2v) is 6.88. The predicted molar refractivity (Wildman–Crippen MR) is 73.9 cm³/mol. The zero-order chi connectivity index (χ0) is 16.8. The Labute approximate surface area is 122 Å². The van der Waals surface area contributed by atoms with Gasteiger partial charge in [-0.3, -0.25) is 9.59 Å². The first-order valence-electron chi connectivity index (χ1n) is 5.84. The SMILES string of the molecule is CC(C)(CNC(=O)N(CC(N)=O)CC(=O)O)NS(C)(=O)=O. The van der Waals surface area contributed by atoms with Crippen LogP contribution in [0.25, 0.3) is 0 Å². The van der Waals surface area contributed by atoms with Gasteiger partial charge in [0, 0.05) is 12.1 Å². The largest absolute Gasteiger partial charge is 0.480 e. The molecule has 0 heterocycles. The lowest BCUT2D eigenvalue weighted by atomic mass is 10.1. The van der Waals surface area contributed by atoms with E-state index in [-0.39, 0.29) is 6.54 Å². The summed E-state index contributed by atoms with van der Waals surface area (Å²) in [5.74, 6) is -2.17. The summed E-state index contributed by atoms with van der Waals surface area (Å²) in [4.78, 5) is 33.9. The first-order chi connectivity index (χ1) is 9.32. The molecule has 0 bridgehead atoms. The van der Waals surface area contributed by atoms with E-state index < -0.39 is 46.6 Å². The van der Waals surface area contributed by atoms with Crippen molar-refractivity contribution in [2.24, 2.45) is 5.73 Å². The van der Waals surface area contributed by atoms with Gasteiger partial charge in [-0.05, 0) is 13.8 Å². The van der Waals surface area contributed by atoms with E-state index in [1.165, 1.54) is 13.8 Å². The quantitative estimate of drug-likeness (QED) is 0.400. The molecule has 11 heteroatoms. The van der Waals surface area contributed by atoms with Crippen molar-refractivity contribution in [2.45, 2.75) is 19.4 Å². The number of amides is 3. The average Bonchev–Trinajstić information content (AvgIpc) is 2.20. The van der Waals surface area contributed by atoms with Crippen LogP contribution >= 0.6 is 0 Å². The Hall–Kier alpha value is -1.88. The zero-order valence-electron chi connectivity index (χ0n) is 12.0. The van der Waals surface area contributed by atoms with Gasteiger partial charge < -0.3 is 21.1 Å². The molecule has 0 spiro atoms. The Bertz CT molecular complexity index is 500. The van der Waals surface area contributed by atoms with Gasteiger partial charge in [-0.2, -0.15) is 0 Å². The van der Waals surface area contributed by atoms with Gasteiger partial charge in [0.1, 0.15) is 13.1 Å². The van der Waals surface area contributed by atoms with Gasteiger partial charge in [0.2, 0.25) is 15.9 Å². The molecule has 0 aromatic carbocycles. The highest BCUT2D eigenvalue weighted by atomic mass is 32.2. The summed E-state index contributed by atoms with van der Waals surface area (Å²) in [6, 6.07) is -0.834. The minimum absolute atomic E-state index is 0.103. The summed E-state index contributed by atoms with van der Waals surface area (Å²) >= 11 is 0. The van der Waals surface area contributed by atoms with Crippen LogP contribution in [-0.4, -0.2) is 67.8 Å². The van der Waals surface area contributed by atoms with Crippen molar-refractivity contribution in [3.63, 3.8) is 0 Å². The minimum atomic E-state index is -3.47. The monoisotopic (exact) mass is 324 g/mol. The van der Waals surface area contributed by atoms with Crippen molar-refractivity contribution in [1.82, 2.24) is 14.9 Å². The predicted octanol–water partition coefficient (Wildman–Crippen LogP) is -2.10. The molecule has 21 heavy (non-hydrogen) atoms. The molecular weight excluding hydrogens is 304 g/mol. The van der Waals surface area contributed by atoms with Crippen molar-refractivity contribution in [2.75, 3.05) is 25.9 Å². The molecule has 0 atom stereocenters. The third-order valence-corrected chi connectivity index (χ3v) is 3.03. The lowest BCUT2D eigenvalue weighted by molar-refractivity contribution is -0.137. The number of carbonyl (C=O) groups is 3. The molecule has 0 aromatic rings. The Morgan fingerprint density at radius 3 is 2.14 bits per heavy atom. The van der Waals surface area contributed by atoms with Crippen LogP contribution in [0.1, 0.15) is 13.8 Å². The normalized spacial score (nSPS) is 11.8. The molecule has 122 valence electrons. The van der Waals surface area contributed by atoms with Gasteiger partial charge in [-0.15, -0.1) is 0 Å². The molecule has 0 unspecified atom stereocenters. The fourth-order valence-electron chi connectivity index (χ4n) is 1.50. The second kappa shape index (κ2) is 7.22. The van der Waals surface area contributed by atoms with Crippen LogP contribution in [0.5, 0.6) is 0 Å². The third-order valence-electron chi connectivity index (χ3n) is 2.10. The number of aliphatic carboxylic acids is 1. The first kappa shape index (κ1) is 19.1. The lowest BCUT2D eigenvalue weighted by Gasteiger charge is -2.27. The number of rotatable bonds is 8. The molecule has 0 aliphatic carbocycles. The highest BCUT2D eigenvalue weighted by Gasteiger charge is 2.25. The topological polar surface area (TPSA) is 159 Å². The molecule has 0 aromatic heterocycles. The van der Waals surface area contributed by atoms with E-state index in [1.807, 2.05) is 0 Å². The summed E-state index contributed by atoms with van der Waals surface area (Å²) in [7, 11) is -3.47. The zero-order valence-corrected chi connectivity index (χ0v) is 12.9. The maximum Gasteiger partial charge on any atom is 0.323 e. The van der Waals surface area contributed by atoms with E-state index in [1.54, 1.807) is 0 Å². The fraction of sp³-hybridized carbons (Fsp3) is 0.700. The lowest BCUT2D eigenvalue weighted by Crippen LogP contribution is -2.54. The molecule has 0 rings (SSSR count). The molecule has 3 amide bonds. The average molecular weight is 324 g/mol. The third kappa shape index (κ3) is 9.62. The number of carboxylic acids is 1. The summed E-state index contributed by atoms with van der Waals surface area (Å²) in [5, 5.41) is 11.0. The number of nitrogens with zero attached hydrogens (tertiary/aromatic N) is 1. The van der Waals surface area contributed by atoms with Crippen molar-refractivity contribution in [3.05, 3.63) is 0 Å². The number of carboxylic acid groups (broad SMARTS) is 1. The van der Waals surface area contributed by atoms with Crippen LogP contribution in [0.15, 0.2) is 0 Å². The van der Waals surface area contributed by atoms with Gasteiger partial charge in [0.05, 0.1) is 6.26 Å². The van der Waals surface area contributed by atoms with E-state index >= 15 is 0 Å². The molecule has 5 N–H and O–H groups in total. The smallest absolute Gasteiger partial charge is 0.323 e. The number of carbonyl (C=O) groups excluding carboxylic acids is 2. The van der Waals surface area contributed by atoms with Crippen LogP contribution in [0.2, 0.25) is 0 Å². The summed E-state index contributed by atoms with van der Waals surface area (Å²) < 4.78 is 24.6. The van der Waals surface area contributed by atoms with E-state index in [9.17, 15) is 22.8 Å². The number of urea groups is 1. The molecule has 0 radical (unpaired) electrons. The fourth-order valence-corrected chi connectivity index (χ4v) is 2.57. The van der Waals surface area contributed by atoms with E-state index in [4.69, 9.17) is 10.8 Å². The van der Waals surface area contributed by atoms with E-state index in [0.29, 0.717) is 4.90 Å². The number of sulfonamides is 1. The number of nitrogens with one attached hydrogen (secondary N) is 2. The Balaban J connectivity index is 4.68. The summed E-state index contributed by atoms with van der Waals surface area (Å²) in [6.07, 6.45) is 0.973. The summed E-state index contributed by atoms with van der Waals surface area (Å²) in [5.41, 5.74) is 3.95. The van der Waals surface area contributed by atoms with Crippen LogP contribution in [0.4, 0.5) is 4.79 Å². The Kier molecular flexibility index (Phi) is 6.57. The number of hydrogen-bond acceptors (Lipinski definition) is 5. The highest BCUT2D eigenvalue weighted by molar-refractivity contribution is 7.88. The molecule has 0 aliphatic rings. The van der Waals surface area contributed by atoms with Crippen molar-refractivity contribution < 1.29 is 27.9 Å². The van der Waals surface area contributed by atoms with Gasteiger partial charge in [0.15, 0.2) is 0 Å². The molecular formula is C10H20N4O6S. The second-order valence-electron chi connectivity index (χ2n) is 5.13. The Morgan fingerprint density at radius 1 is 1.24 bits per heavy atom. The van der Waals surface area contributed by atoms with Crippen molar-refractivity contribution in [1.29, 1.82) is 0 Å². The van der Waals surface area contributed by atoms with Gasteiger partial charge in [-0.1, -0.05) is 0 Å². The summed E-state index contributed by atoms with van der Waals surface area (Å²) in [6.45, 7) is 1.70. The maximum atomic E-state index is 11.8. The van der Waals surface area contributed by atoms with Crippen LogP contribution in [0.3, 0.4) is 0 Å². The Morgan fingerprint density at radius 2 is 1.76 bits per heavy atom. The van der Waals surface area contributed by atoms with Crippen molar-refractivity contribution in [3.8, 4) is 0 Å². The van der Waals surface area contributed by atoms with E-state index in [2.05, 4.69) is 10.0 Å². The number of hydrogen-bond donors (Lipinski definition) is 4. The maximum absolute atomic E-state index is 11.8. The van der Waals surface area contributed by atoms with Crippen molar-refractivity contribution >= 4 is 27.9 Å². The van der Waals surface area contributed by atoms with Crippen LogP contribution in [0, 0.1) is 0 Å². The molecule has 0 fully saturated rings. The van der Waals surface area contributed by atoms with Gasteiger partial charge >= 0.3 is 12.0 Å². The highest BCUT2D eigenvalue weighted by Crippen LogP contribution is 2.02. The van der Waals surface area contributed by atoms with Gasteiger partial charge in [0.25, 0.3) is 0 Å². The number of nitrogens with two attached hydrogens (primary N) is 1. The molecule has 10 nitrogen and oxygen atoms in total. The molecule has 0 saturated carbocycles. The minimum Gasteiger partial charge on any atom is -0.480 e. The van der Waals surface area contributed by atoms with E-state index in [0.717, 1.165) is 6.26 Å². The van der Waals surface area contributed by atoms with Gasteiger partial charge in [-0.25, -0.2) is 17.9 Å². The van der Waals surface area contributed by atoms with Crippen LogP contribution in [-0.2, 0) is 19.6 Å². The van der Waals surface area contributed by atoms with Crippen LogP contribution < -0.4 is 15.8 Å². The number of primary amides is 1. The first-order valence-corrected chi connectivity index (χ1v) is 7.73. The molecule has 0 saturated heterocycles. The standard InChI is InChI=1S/C10H20N4O6S/c1-10(2,13-21(3,19)20)6-12-9(18)14(4-7(11)15)5-8(16)17/h13H,4-6H2,1-3H3,(H2,11,15)(H,12,18)(H,16,17).